The second-order valence-corrected chi connectivity index (χ2v) is 7.47. The molecule has 0 aliphatic carbocycles. The van der Waals surface area contributed by atoms with Crippen LogP contribution in [-0.2, 0) is 4.79 Å². The highest BCUT2D eigenvalue weighted by Crippen LogP contribution is 2.30. The normalized spacial score (nSPS) is 10.5. The van der Waals surface area contributed by atoms with E-state index in [0.29, 0.717) is 54.2 Å². The smallest absolute Gasteiger partial charge is 0.254 e. The van der Waals surface area contributed by atoms with Gasteiger partial charge in [-0.25, -0.2) is 0 Å². The Morgan fingerprint density at radius 1 is 0.968 bits per heavy atom. The first-order valence-corrected chi connectivity index (χ1v) is 10.5. The number of carbonyl (C=O) groups is 2. The van der Waals surface area contributed by atoms with Crippen LogP contribution in [0.2, 0.25) is 0 Å². The molecule has 2 aromatic rings. The van der Waals surface area contributed by atoms with E-state index in [-0.39, 0.29) is 18.4 Å². The standard InChI is InChI=1S/C24H32N2O5/c1-6-29-21-12-11-19(14-22(21)30-7-2)25-23(27)15-26(5)24(28)18-9-8-10-20(13-18)31-16-17(3)4/h8-14,17H,6-7,15-16H2,1-5H3,(H,25,27). The van der Waals surface area contributed by atoms with Crippen molar-refractivity contribution < 1.29 is 23.8 Å². The Balaban J connectivity index is 2.00. The van der Waals surface area contributed by atoms with Gasteiger partial charge in [0.1, 0.15) is 5.75 Å². The van der Waals surface area contributed by atoms with E-state index < -0.39 is 0 Å². The molecule has 2 aromatic carbocycles. The van der Waals surface area contributed by atoms with Gasteiger partial charge < -0.3 is 24.4 Å². The first-order valence-electron chi connectivity index (χ1n) is 10.5. The van der Waals surface area contributed by atoms with Crippen LogP contribution in [0.25, 0.3) is 0 Å². The quantitative estimate of drug-likeness (QED) is 0.580. The zero-order chi connectivity index (χ0) is 22.8. The fraction of sp³-hybridized carbons (Fsp3) is 0.417. The molecular weight excluding hydrogens is 396 g/mol. The molecule has 0 fully saturated rings. The second-order valence-electron chi connectivity index (χ2n) is 7.47. The maximum absolute atomic E-state index is 12.7. The molecule has 0 radical (unpaired) electrons. The van der Waals surface area contributed by atoms with Gasteiger partial charge in [0.15, 0.2) is 11.5 Å². The Morgan fingerprint density at radius 2 is 1.68 bits per heavy atom. The number of hydrogen-bond donors (Lipinski definition) is 1. The van der Waals surface area contributed by atoms with Crippen molar-refractivity contribution in [3.63, 3.8) is 0 Å². The van der Waals surface area contributed by atoms with Crippen molar-refractivity contribution in [2.24, 2.45) is 5.92 Å². The van der Waals surface area contributed by atoms with E-state index in [9.17, 15) is 9.59 Å². The SMILES string of the molecule is CCOc1ccc(NC(=O)CN(C)C(=O)c2cccc(OCC(C)C)c2)cc1OCC. The number of carbonyl (C=O) groups excluding carboxylic acids is 2. The third-order valence-electron chi connectivity index (χ3n) is 4.22. The molecule has 0 aliphatic rings. The van der Waals surface area contributed by atoms with Crippen molar-refractivity contribution in [2.45, 2.75) is 27.7 Å². The van der Waals surface area contributed by atoms with Gasteiger partial charge >= 0.3 is 0 Å². The lowest BCUT2D eigenvalue weighted by atomic mass is 10.2. The zero-order valence-corrected chi connectivity index (χ0v) is 18.9. The maximum Gasteiger partial charge on any atom is 0.254 e. The Hall–Kier alpha value is -3.22. The fourth-order valence-corrected chi connectivity index (χ4v) is 2.82. The summed E-state index contributed by atoms with van der Waals surface area (Å²) in [7, 11) is 1.59. The van der Waals surface area contributed by atoms with E-state index >= 15 is 0 Å². The van der Waals surface area contributed by atoms with Crippen LogP contribution in [0.1, 0.15) is 38.1 Å². The number of amides is 2. The summed E-state index contributed by atoms with van der Waals surface area (Å²) in [6.07, 6.45) is 0. The van der Waals surface area contributed by atoms with E-state index in [0.717, 1.165) is 0 Å². The zero-order valence-electron chi connectivity index (χ0n) is 18.9. The van der Waals surface area contributed by atoms with E-state index in [4.69, 9.17) is 14.2 Å². The Labute approximate surface area is 184 Å². The molecule has 2 amide bonds. The monoisotopic (exact) mass is 428 g/mol. The Morgan fingerprint density at radius 3 is 2.35 bits per heavy atom. The summed E-state index contributed by atoms with van der Waals surface area (Å²) in [6.45, 7) is 9.37. The number of rotatable bonds is 11. The minimum Gasteiger partial charge on any atom is -0.493 e. The molecule has 0 saturated heterocycles. The largest absolute Gasteiger partial charge is 0.493 e. The molecule has 2 rings (SSSR count). The van der Waals surface area contributed by atoms with Gasteiger partial charge in [-0.3, -0.25) is 9.59 Å². The summed E-state index contributed by atoms with van der Waals surface area (Å²) < 4.78 is 16.8. The topological polar surface area (TPSA) is 77.1 Å². The molecule has 0 atom stereocenters. The van der Waals surface area contributed by atoms with Crippen LogP contribution >= 0.6 is 0 Å². The molecule has 0 saturated carbocycles. The third kappa shape index (κ3) is 7.51. The number of likely N-dealkylation sites (N-methyl/N-ethyl adjacent to an activating group) is 1. The lowest BCUT2D eigenvalue weighted by molar-refractivity contribution is -0.116. The number of ether oxygens (including phenoxy) is 3. The van der Waals surface area contributed by atoms with E-state index in [2.05, 4.69) is 19.2 Å². The minimum absolute atomic E-state index is 0.0902. The maximum atomic E-state index is 12.7. The number of anilines is 1. The highest BCUT2D eigenvalue weighted by Gasteiger charge is 2.16. The molecule has 0 bridgehead atoms. The summed E-state index contributed by atoms with van der Waals surface area (Å²) in [6, 6.07) is 12.2. The van der Waals surface area contributed by atoms with Crippen LogP contribution in [0.4, 0.5) is 5.69 Å². The molecule has 0 unspecified atom stereocenters. The molecule has 31 heavy (non-hydrogen) atoms. The minimum atomic E-state index is -0.310. The summed E-state index contributed by atoms with van der Waals surface area (Å²) in [4.78, 5) is 26.6. The molecule has 0 aromatic heterocycles. The van der Waals surface area contributed by atoms with Crippen molar-refractivity contribution in [3.8, 4) is 17.2 Å². The first-order chi connectivity index (χ1) is 14.8. The lowest BCUT2D eigenvalue weighted by Crippen LogP contribution is -2.34. The number of benzene rings is 2. The predicted molar refractivity (Wildman–Crippen MR) is 121 cm³/mol. The molecule has 1 N–H and O–H groups in total. The van der Waals surface area contributed by atoms with Crippen LogP contribution in [0.15, 0.2) is 42.5 Å². The van der Waals surface area contributed by atoms with Gasteiger partial charge in [-0.2, -0.15) is 0 Å². The van der Waals surface area contributed by atoms with Crippen molar-refractivity contribution in [1.82, 2.24) is 4.90 Å². The molecule has 168 valence electrons. The third-order valence-corrected chi connectivity index (χ3v) is 4.22. The van der Waals surface area contributed by atoms with Crippen molar-refractivity contribution in [2.75, 3.05) is 38.7 Å². The van der Waals surface area contributed by atoms with Crippen LogP contribution in [0, 0.1) is 5.92 Å². The summed E-state index contributed by atoms with van der Waals surface area (Å²) in [5.41, 5.74) is 1.04. The van der Waals surface area contributed by atoms with Gasteiger partial charge in [0.25, 0.3) is 5.91 Å². The van der Waals surface area contributed by atoms with Gasteiger partial charge in [-0.1, -0.05) is 19.9 Å². The summed E-state index contributed by atoms with van der Waals surface area (Å²) in [5.74, 6) is 1.63. The van der Waals surface area contributed by atoms with E-state index in [1.54, 1.807) is 43.4 Å². The molecule has 0 heterocycles. The highest BCUT2D eigenvalue weighted by molar-refractivity contribution is 5.99. The molecular formula is C24H32N2O5. The fourth-order valence-electron chi connectivity index (χ4n) is 2.82. The lowest BCUT2D eigenvalue weighted by Gasteiger charge is -2.18. The molecule has 0 aliphatic heterocycles. The first kappa shape index (κ1) is 24.1. The van der Waals surface area contributed by atoms with Gasteiger partial charge in [0.2, 0.25) is 5.91 Å². The number of hydrogen-bond acceptors (Lipinski definition) is 5. The Kier molecular flexibility index (Phi) is 9.18. The van der Waals surface area contributed by atoms with Crippen LogP contribution in [0.3, 0.4) is 0 Å². The van der Waals surface area contributed by atoms with E-state index in [1.807, 2.05) is 19.9 Å². The average Bonchev–Trinajstić information content (AvgIpc) is 2.74. The van der Waals surface area contributed by atoms with Gasteiger partial charge in [0, 0.05) is 24.4 Å². The number of nitrogens with zero attached hydrogens (tertiary/aromatic N) is 1. The van der Waals surface area contributed by atoms with Crippen molar-refractivity contribution >= 4 is 17.5 Å². The van der Waals surface area contributed by atoms with Gasteiger partial charge in [0.05, 0.1) is 26.4 Å². The predicted octanol–water partition coefficient (Wildman–Crippen LogP) is 4.23. The summed E-state index contributed by atoms with van der Waals surface area (Å²) in [5, 5.41) is 2.80. The van der Waals surface area contributed by atoms with Gasteiger partial charge in [-0.15, -0.1) is 0 Å². The summed E-state index contributed by atoms with van der Waals surface area (Å²) >= 11 is 0. The van der Waals surface area contributed by atoms with Gasteiger partial charge in [-0.05, 0) is 50.1 Å². The van der Waals surface area contributed by atoms with Crippen molar-refractivity contribution in [3.05, 3.63) is 48.0 Å². The molecule has 7 heteroatoms. The van der Waals surface area contributed by atoms with Crippen LogP contribution < -0.4 is 19.5 Å². The van der Waals surface area contributed by atoms with E-state index in [1.165, 1.54) is 4.90 Å². The molecule has 0 spiro atoms. The average molecular weight is 429 g/mol. The number of nitrogens with one attached hydrogen (secondary N) is 1. The Bertz CT molecular complexity index is 882. The van der Waals surface area contributed by atoms with Crippen LogP contribution in [-0.4, -0.2) is 50.1 Å². The van der Waals surface area contributed by atoms with Crippen LogP contribution in [0.5, 0.6) is 17.2 Å². The van der Waals surface area contributed by atoms with Crippen molar-refractivity contribution in [1.29, 1.82) is 0 Å². The highest BCUT2D eigenvalue weighted by atomic mass is 16.5. The second kappa shape index (κ2) is 11.8. The molecule has 7 nitrogen and oxygen atoms in total.